The molecule has 0 amide bonds. The summed E-state index contributed by atoms with van der Waals surface area (Å²) in [5, 5.41) is 10.6. The topological polar surface area (TPSA) is 237 Å². The van der Waals surface area contributed by atoms with Crippen LogP contribution >= 0.6 is 15.6 Å². The quantitative estimate of drug-likeness (QED) is 0.0222. The van der Waals surface area contributed by atoms with Gasteiger partial charge in [0, 0.05) is 25.7 Å². The number of esters is 4. The highest BCUT2D eigenvalue weighted by Crippen LogP contribution is 2.45. The molecule has 0 heterocycles. The van der Waals surface area contributed by atoms with Crippen molar-refractivity contribution in [2.75, 3.05) is 39.6 Å². The van der Waals surface area contributed by atoms with E-state index in [1.807, 2.05) is 0 Å². The van der Waals surface area contributed by atoms with Gasteiger partial charge in [0.05, 0.1) is 26.4 Å². The van der Waals surface area contributed by atoms with Crippen molar-refractivity contribution in [3.8, 4) is 0 Å². The largest absolute Gasteiger partial charge is 0.472 e. The Labute approximate surface area is 568 Å². The highest BCUT2D eigenvalue weighted by atomic mass is 31.2. The zero-order valence-corrected chi connectivity index (χ0v) is 62.5. The van der Waals surface area contributed by atoms with Crippen LogP contribution in [0.3, 0.4) is 0 Å². The van der Waals surface area contributed by atoms with Crippen molar-refractivity contribution < 1.29 is 80.2 Å². The lowest BCUT2D eigenvalue weighted by molar-refractivity contribution is -0.161. The summed E-state index contributed by atoms with van der Waals surface area (Å²) in [4.78, 5) is 72.5. The molecule has 0 aliphatic carbocycles. The molecule has 0 aromatic rings. The molecule has 0 rings (SSSR count). The maximum atomic E-state index is 13.1. The molecule has 0 radical (unpaired) electrons. The Hall–Kier alpha value is -1.94. The van der Waals surface area contributed by atoms with Crippen LogP contribution in [-0.2, 0) is 65.4 Å². The summed E-state index contributed by atoms with van der Waals surface area (Å²) in [7, 11) is -9.90. The van der Waals surface area contributed by atoms with Crippen LogP contribution in [-0.4, -0.2) is 96.7 Å². The van der Waals surface area contributed by atoms with Gasteiger partial charge in [-0.1, -0.05) is 325 Å². The Bertz CT molecular complexity index is 1820. The first kappa shape index (κ1) is 91.1. The summed E-state index contributed by atoms with van der Waals surface area (Å²) in [5.41, 5.74) is 0. The van der Waals surface area contributed by atoms with Crippen LogP contribution in [0.1, 0.15) is 376 Å². The molecule has 19 heteroatoms. The van der Waals surface area contributed by atoms with Gasteiger partial charge in [-0.15, -0.1) is 0 Å². The van der Waals surface area contributed by atoms with E-state index in [0.29, 0.717) is 31.6 Å². The number of hydrogen-bond donors (Lipinski definition) is 3. The van der Waals surface area contributed by atoms with Crippen LogP contribution in [0.4, 0.5) is 0 Å². The number of aliphatic hydroxyl groups is 1. The number of aliphatic hydroxyl groups excluding tert-OH is 1. The molecule has 552 valence electrons. The Balaban J connectivity index is 5.16. The minimum atomic E-state index is -4.96. The molecule has 0 aliphatic heterocycles. The van der Waals surface area contributed by atoms with E-state index in [2.05, 4.69) is 48.5 Å². The van der Waals surface area contributed by atoms with E-state index in [-0.39, 0.29) is 25.7 Å². The minimum Gasteiger partial charge on any atom is -0.462 e. The molecule has 3 N–H and O–H groups in total. The Morgan fingerprint density at radius 2 is 0.495 bits per heavy atom. The van der Waals surface area contributed by atoms with E-state index in [1.54, 1.807) is 0 Å². The number of unbranched alkanes of at least 4 members (excludes halogenated alkanes) is 40. The van der Waals surface area contributed by atoms with Gasteiger partial charge in [0.2, 0.25) is 0 Å². The van der Waals surface area contributed by atoms with Crippen LogP contribution in [0, 0.1) is 17.8 Å². The maximum absolute atomic E-state index is 13.1. The monoisotopic (exact) mass is 1370 g/mol. The van der Waals surface area contributed by atoms with E-state index in [9.17, 15) is 43.2 Å². The minimum absolute atomic E-state index is 0.102. The van der Waals surface area contributed by atoms with Gasteiger partial charge in [-0.3, -0.25) is 37.3 Å². The Morgan fingerprint density at radius 1 is 0.290 bits per heavy atom. The van der Waals surface area contributed by atoms with Crippen molar-refractivity contribution >= 4 is 39.5 Å². The van der Waals surface area contributed by atoms with Gasteiger partial charge in [-0.05, 0) is 43.4 Å². The van der Waals surface area contributed by atoms with Gasteiger partial charge in [0.1, 0.15) is 19.3 Å². The van der Waals surface area contributed by atoms with Crippen molar-refractivity contribution in [2.24, 2.45) is 17.8 Å². The number of carbonyl (C=O) groups is 4. The first-order chi connectivity index (χ1) is 44.7. The van der Waals surface area contributed by atoms with Crippen LogP contribution in [0.25, 0.3) is 0 Å². The molecule has 5 atom stereocenters. The molecule has 0 spiro atoms. The summed E-state index contributed by atoms with van der Waals surface area (Å²) >= 11 is 0. The lowest BCUT2D eigenvalue weighted by Crippen LogP contribution is -2.30. The lowest BCUT2D eigenvalue weighted by Gasteiger charge is -2.21. The van der Waals surface area contributed by atoms with Gasteiger partial charge in [-0.25, -0.2) is 9.13 Å². The third-order valence-corrected chi connectivity index (χ3v) is 19.0. The molecule has 0 aliphatic rings. The number of phosphoric ester groups is 2. The number of carbonyl (C=O) groups excluding carboxylic acids is 4. The maximum Gasteiger partial charge on any atom is 0.472 e. The number of ether oxygens (including phenoxy) is 4. The van der Waals surface area contributed by atoms with Crippen LogP contribution < -0.4 is 0 Å². The van der Waals surface area contributed by atoms with Crippen molar-refractivity contribution in [1.82, 2.24) is 0 Å². The van der Waals surface area contributed by atoms with Crippen LogP contribution in [0.5, 0.6) is 0 Å². The van der Waals surface area contributed by atoms with Crippen molar-refractivity contribution in [1.29, 1.82) is 0 Å². The smallest absolute Gasteiger partial charge is 0.462 e. The Morgan fingerprint density at radius 3 is 0.731 bits per heavy atom. The summed E-state index contributed by atoms with van der Waals surface area (Å²) in [6, 6.07) is 0. The first-order valence-corrected chi connectivity index (χ1v) is 41.3. The second-order valence-corrected chi connectivity index (χ2v) is 31.0. The summed E-state index contributed by atoms with van der Waals surface area (Å²) in [6.07, 6.45) is 50.3. The predicted molar refractivity (Wildman–Crippen MR) is 377 cm³/mol. The average molecular weight is 1370 g/mol. The molecule has 0 aromatic heterocycles. The standard InChI is InChI=1S/C74H144O17P2/c1-8-9-10-11-12-33-41-48-55-71(76)84-62-70(91-74(79)58-51-44-37-36-40-47-54-67(6)7)64-89-93(82,83)87-60-68(75)59-86-92(80,81)88-63-69(61-85-72(77)56-49-42-34-29-25-22-21-24-28-32-39-46-53-66(4)5)90-73(78)57-50-43-35-30-26-20-18-16-14-13-15-17-19-23-27-31-38-45-52-65(2)3/h65-70,75H,8-64H2,1-7H3,(H,80,81)(H,82,83)/t68-,69-,70-/m1/s1. The molecule has 0 fully saturated rings. The van der Waals surface area contributed by atoms with Gasteiger partial charge >= 0.3 is 39.5 Å². The first-order valence-electron chi connectivity index (χ1n) is 38.3. The zero-order valence-electron chi connectivity index (χ0n) is 60.7. The van der Waals surface area contributed by atoms with E-state index < -0.39 is 97.5 Å². The normalized spacial score (nSPS) is 14.1. The fourth-order valence-corrected chi connectivity index (χ4v) is 12.8. The van der Waals surface area contributed by atoms with E-state index in [1.165, 1.54) is 180 Å². The van der Waals surface area contributed by atoms with Crippen molar-refractivity contribution in [3.05, 3.63) is 0 Å². The molecule has 93 heavy (non-hydrogen) atoms. The molecule has 0 saturated carbocycles. The second-order valence-electron chi connectivity index (χ2n) is 28.1. The van der Waals surface area contributed by atoms with Crippen LogP contribution in [0.2, 0.25) is 0 Å². The third-order valence-electron chi connectivity index (χ3n) is 17.1. The van der Waals surface area contributed by atoms with Gasteiger partial charge in [0.25, 0.3) is 0 Å². The second kappa shape index (κ2) is 64.7. The molecular formula is C74H144O17P2. The van der Waals surface area contributed by atoms with E-state index >= 15 is 0 Å². The van der Waals surface area contributed by atoms with Gasteiger partial charge < -0.3 is 33.8 Å². The van der Waals surface area contributed by atoms with E-state index in [4.69, 9.17) is 37.0 Å². The average Bonchev–Trinajstić information content (AvgIpc) is 3.72. The highest BCUT2D eigenvalue weighted by molar-refractivity contribution is 7.47. The predicted octanol–water partition coefficient (Wildman–Crippen LogP) is 21.4. The molecule has 17 nitrogen and oxygen atoms in total. The number of phosphoric acid groups is 2. The van der Waals surface area contributed by atoms with Gasteiger partial charge in [0.15, 0.2) is 12.2 Å². The molecule has 2 unspecified atom stereocenters. The zero-order chi connectivity index (χ0) is 68.7. The van der Waals surface area contributed by atoms with Crippen molar-refractivity contribution in [2.45, 2.75) is 394 Å². The SMILES string of the molecule is CCCCCCCCCCC(=O)OC[C@H](COP(=O)(O)OC[C@H](O)COP(=O)(O)OC[C@@H](COC(=O)CCCCCCCCCCCCCCC(C)C)OC(=O)CCCCCCCCCCCCCCCCCCCCC(C)C)OC(=O)CCCCCCCCC(C)C. The fraction of sp³-hybridized carbons (Fsp3) is 0.946. The molecular weight excluding hydrogens is 1220 g/mol. The van der Waals surface area contributed by atoms with E-state index in [0.717, 1.165) is 108 Å². The molecule has 0 saturated heterocycles. The Kier molecular flexibility index (Phi) is 63.4. The number of hydrogen-bond acceptors (Lipinski definition) is 15. The lowest BCUT2D eigenvalue weighted by atomic mass is 10.0. The van der Waals surface area contributed by atoms with Gasteiger partial charge in [-0.2, -0.15) is 0 Å². The number of rotatable bonds is 72. The third kappa shape index (κ3) is 68.4. The highest BCUT2D eigenvalue weighted by Gasteiger charge is 2.30. The summed E-state index contributed by atoms with van der Waals surface area (Å²) in [5.74, 6) is 0.144. The molecule has 0 aromatic carbocycles. The van der Waals surface area contributed by atoms with Crippen molar-refractivity contribution in [3.63, 3.8) is 0 Å². The molecule has 0 bridgehead atoms. The van der Waals surface area contributed by atoms with Crippen LogP contribution in [0.15, 0.2) is 0 Å². The fourth-order valence-electron chi connectivity index (χ4n) is 11.2. The summed E-state index contributed by atoms with van der Waals surface area (Å²) in [6.45, 7) is 11.8. The summed E-state index contributed by atoms with van der Waals surface area (Å²) < 4.78 is 68.3.